The lowest BCUT2D eigenvalue weighted by Crippen LogP contribution is -2.03. The van der Waals surface area contributed by atoms with Gasteiger partial charge in [-0.1, -0.05) is 11.3 Å². The predicted octanol–water partition coefficient (Wildman–Crippen LogP) is 1.49. The van der Waals surface area contributed by atoms with Crippen molar-refractivity contribution in [3.8, 4) is 5.69 Å². The van der Waals surface area contributed by atoms with Gasteiger partial charge in [0.05, 0.1) is 16.3 Å². The van der Waals surface area contributed by atoms with Crippen molar-refractivity contribution in [3.63, 3.8) is 0 Å². The highest BCUT2D eigenvalue weighted by atomic mass is 16.6. The van der Waals surface area contributed by atoms with Crippen molar-refractivity contribution in [2.45, 2.75) is 13.8 Å². The van der Waals surface area contributed by atoms with Crippen LogP contribution in [0.2, 0.25) is 0 Å². The number of aromatic nitrogens is 3. The molecule has 0 aliphatic rings. The Labute approximate surface area is 107 Å². The van der Waals surface area contributed by atoms with Gasteiger partial charge in [0.1, 0.15) is 0 Å². The molecule has 0 spiro atoms. The fourth-order valence-electron chi connectivity index (χ4n) is 1.70. The number of aryl methyl sites for hydroxylation is 1. The van der Waals surface area contributed by atoms with E-state index < -0.39 is 10.9 Å². The summed E-state index contributed by atoms with van der Waals surface area (Å²) < 4.78 is 1.26. The number of carbonyl (C=O) groups is 1. The fourth-order valence-corrected chi connectivity index (χ4v) is 1.70. The van der Waals surface area contributed by atoms with Gasteiger partial charge in [-0.2, -0.15) is 0 Å². The summed E-state index contributed by atoms with van der Waals surface area (Å²) in [5.41, 5.74) is 0.998. The lowest BCUT2D eigenvalue weighted by atomic mass is 10.2. The van der Waals surface area contributed by atoms with Crippen molar-refractivity contribution in [1.82, 2.24) is 15.0 Å². The number of carboxylic acids is 1. The zero-order chi connectivity index (χ0) is 14.2. The van der Waals surface area contributed by atoms with Crippen molar-refractivity contribution in [1.29, 1.82) is 0 Å². The smallest absolute Gasteiger partial charge is 0.358 e. The minimum atomic E-state index is -1.19. The Bertz CT molecular complexity index is 677. The van der Waals surface area contributed by atoms with E-state index in [1.54, 1.807) is 19.1 Å². The maximum Gasteiger partial charge on any atom is 0.358 e. The quantitative estimate of drug-likeness (QED) is 0.662. The van der Waals surface area contributed by atoms with Gasteiger partial charge < -0.3 is 5.11 Å². The van der Waals surface area contributed by atoms with E-state index in [2.05, 4.69) is 10.3 Å². The van der Waals surface area contributed by atoms with Crippen LogP contribution in [-0.2, 0) is 0 Å². The fraction of sp³-hybridized carbons (Fsp3) is 0.182. The molecule has 0 unspecified atom stereocenters. The molecular formula is C11H10N4O4. The molecule has 0 atom stereocenters. The molecule has 1 aromatic heterocycles. The Kier molecular flexibility index (Phi) is 2.99. The first-order valence-corrected chi connectivity index (χ1v) is 5.33. The second-order valence-electron chi connectivity index (χ2n) is 3.97. The molecule has 98 valence electrons. The molecule has 8 nitrogen and oxygen atoms in total. The van der Waals surface area contributed by atoms with E-state index in [1.165, 1.54) is 17.7 Å². The summed E-state index contributed by atoms with van der Waals surface area (Å²) >= 11 is 0. The van der Waals surface area contributed by atoms with Crippen LogP contribution in [0.25, 0.3) is 5.69 Å². The summed E-state index contributed by atoms with van der Waals surface area (Å²) in [7, 11) is 0. The molecule has 0 amide bonds. The number of nitro benzene ring substituents is 1. The first-order valence-electron chi connectivity index (χ1n) is 5.33. The Morgan fingerprint density at radius 2 is 2.11 bits per heavy atom. The lowest BCUT2D eigenvalue weighted by Gasteiger charge is -2.04. The number of nitro groups is 1. The highest BCUT2D eigenvalue weighted by Crippen LogP contribution is 2.22. The van der Waals surface area contributed by atoms with Crippen LogP contribution >= 0.6 is 0 Å². The van der Waals surface area contributed by atoms with Gasteiger partial charge >= 0.3 is 5.97 Å². The molecule has 1 heterocycles. The number of hydrogen-bond donors (Lipinski definition) is 1. The second kappa shape index (κ2) is 4.48. The Morgan fingerprint density at radius 3 is 2.63 bits per heavy atom. The number of aromatic carboxylic acids is 1. The molecule has 0 aliphatic carbocycles. The van der Waals surface area contributed by atoms with E-state index in [4.69, 9.17) is 5.11 Å². The first kappa shape index (κ1) is 12.7. The van der Waals surface area contributed by atoms with E-state index in [0.29, 0.717) is 16.9 Å². The molecule has 0 bridgehead atoms. The third-order valence-electron chi connectivity index (χ3n) is 2.73. The molecule has 8 heteroatoms. The maximum absolute atomic E-state index is 10.9. The first-order chi connectivity index (χ1) is 8.91. The van der Waals surface area contributed by atoms with Crippen molar-refractivity contribution in [2.24, 2.45) is 0 Å². The van der Waals surface area contributed by atoms with Crippen LogP contribution in [0, 0.1) is 24.0 Å². The SMILES string of the molecule is Cc1ccc(-n2nnc(C(=O)O)c2C)cc1[N+](=O)[O-]. The van der Waals surface area contributed by atoms with E-state index in [-0.39, 0.29) is 11.4 Å². The molecular weight excluding hydrogens is 252 g/mol. The standard InChI is InChI=1S/C11H10N4O4/c1-6-3-4-8(5-9(6)15(18)19)14-7(2)10(11(16)17)12-13-14/h3-5H,1-2H3,(H,16,17). The van der Waals surface area contributed by atoms with E-state index in [9.17, 15) is 14.9 Å². The van der Waals surface area contributed by atoms with Gasteiger partial charge in [0.15, 0.2) is 5.69 Å². The van der Waals surface area contributed by atoms with E-state index >= 15 is 0 Å². The van der Waals surface area contributed by atoms with Crippen molar-refractivity contribution < 1.29 is 14.8 Å². The van der Waals surface area contributed by atoms with Crippen molar-refractivity contribution in [3.05, 3.63) is 45.3 Å². The number of carboxylic acid groups (broad SMARTS) is 1. The molecule has 2 aromatic rings. The van der Waals surface area contributed by atoms with Crippen LogP contribution in [0.15, 0.2) is 18.2 Å². The highest BCUT2D eigenvalue weighted by Gasteiger charge is 2.18. The van der Waals surface area contributed by atoms with Gasteiger partial charge in [-0.25, -0.2) is 9.48 Å². The molecule has 1 aromatic carbocycles. The summed E-state index contributed by atoms with van der Waals surface area (Å²) in [5, 5.41) is 27.0. The Morgan fingerprint density at radius 1 is 1.42 bits per heavy atom. The second-order valence-corrected chi connectivity index (χ2v) is 3.97. The number of nitrogens with zero attached hydrogens (tertiary/aromatic N) is 4. The van der Waals surface area contributed by atoms with Crippen molar-refractivity contribution >= 4 is 11.7 Å². The topological polar surface area (TPSA) is 111 Å². The third kappa shape index (κ3) is 2.15. The number of hydrogen-bond acceptors (Lipinski definition) is 5. The van der Waals surface area contributed by atoms with Gasteiger partial charge in [0, 0.05) is 11.6 Å². The largest absolute Gasteiger partial charge is 0.476 e. The zero-order valence-corrected chi connectivity index (χ0v) is 10.2. The third-order valence-corrected chi connectivity index (χ3v) is 2.73. The minimum Gasteiger partial charge on any atom is -0.476 e. The van der Waals surface area contributed by atoms with Crippen LogP contribution in [-0.4, -0.2) is 31.0 Å². The minimum absolute atomic E-state index is 0.0516. The Balaban J connectivity index is 2.57. The average molecular weight is 262 g/mol. The number of benzene rings is 1. The summed E-state index contributed by atoms with van der Waals surface area (Å²) in [5.74, 6) is -1.19. The predicted molar refractivity (Wildman–Crippen MR) is 64.4 cm³/mol. The normalized spacial score (nSPS) is 10.4. The summed E-state index contributed by atoms with van der Waals surface area (Å²) in [6.07, 6.45) is 0. The van der Waals surface area contributed by atoms with Crippen molar-refractivity contribution in [2.75, 3.05) is 0 Å². The Hall–Kier alpha value is -2.77. The van der Waals surface area contributed by atoms with E-state index in [0.717, 1.165) is 0 Å². The molecule has 19 heavy (non-hydrogen) atoms. The van der Waals surface area contributed by atoms with Gasteiger partial charge in [0.25, 0.3) is 5.69 Å². The van der Waals surface area contributed by atoms with Crippen LogP contribution < -0.4 is 0 Å². The average Bonchev–Trinajstić information content (AvgIpc) is 2.71. The molecule has 0 fully saturated rings. The molecule has 0 aliphatic heterocycles. The maximum atomic E-state index is 10.9. The molecule has 0 saturated carbocycles. The molecule has 0 radical (unpaired) electrons. The monoisotopic (exact) mass is 262 g/mol. The van der Waals surface area contributed by atoms with Crippen LogP contribution in [0.3, 0.4) is 0 Å². The van der Waals surface area contributed by atoms with Gasteiger partial charge in [0.2, 0.25) is 0 Å². The van der Waals surface area contributed by atoms with Gasteiger partial charge in [-0.3, -0.25) is 10.1 Å². The summed E-state index contributed by atoms with van der Waals surface area (Å²) in [6.45, 7) is 3.16. The summed E-state index contributed by atoms with van der Waals surface area (Å²) in [4.78, 5) is 21.2. The molecule has 2 rings (SSSR count). The van der Waals surface area contributed by atoms with Crippen LogP contribution in [0.5, 0.6) is 0 Å². The molecule has 0 saturated heterocycles. The number of rotatable bonds is 3. The molecule has 1 N–H and O–H groups in total. The van der Waals surface area contributed by atoms with E-state index in [1.807, 2.05) is 0 Å². The van der Waals surface area contributed by atoms with Crippen LogP contribution in [0.1, 0.15) is 21.7 Å². The zero-order valence-electron chi connectivity index (χ0n) is 10.2. The lowest BCUT2D eigenvalue weighted by molar-refractivity contribution is -0.385. The van der Waals surface area contributed by atoms with Crippen LogP contribution in [0.4, 0.5) is 5.69 Å². The highest BCUT2D eigenvalue weighted by molar-refractivity contribution is 5.86. The van der Waals surface area contributed by atoms with Gasteiger partial charge in [-0.15, -0.1) is 5.10 Å². The summed E-state index contributed by atoms with van der Waals surface area (Å²) in [6, 6.07) is 4.54. The van der Waals surface area contributed by atoms with Gasteiger partial charge in [-0.05, 0) is 19.9 Å².